The number of halogens is 1. The van der Waals surface area contributed by atoms with E-state index in [1.807, 2.05) is 17.5 Å². The molecular formula is C16H19BrN2O3S2. The summed E-state index contributed by atoms with van der Waals surface area (Å²) in [6.07, 6.45) is 0. The summed E-state index contributed by atoms with van der Waals surface area (Å²) in [5, 5.41) is 4.71. The van der Waals surface area contributed by atoms with Gasteiger partial charge >= 0.3 is 0 Å². The van der Waals surface area contributed by atoms with Crippen molar-refractivity contribution in [2.45, 2.75) is 31.3 Å². The van der Waals surface area contributed by atoms with Gasteiger partial charge in [-0.15, -0.1) is 11.3 Å². The van der Waals surface area contributed by atoms with Crippen LogP contribution < -0.4 is 10.0 Å². The largest absolute Gasteiger partial charge is 0.350 e. The fourth-order valence-electron chi connectivity index (χ4n) is 2.04. The van der Waals surface area contributed by atoms with E-state index in [2.05, 4.69) is 26.0 Å². The van der Waals surface area contributed by atoms with E-state index in [0.29, 0.717) is 6.54 Å². The molecule has 0 aliphatic carbocycles. The van der Waals surface area contributed by atoms with Crippen molar-refractivity contribution >= 4 is 43.2 Å². The molecule has 0 saturated heterocycles. The van der Waals surface area contributed by atoms with Gasteiger partial charge in [-0.1, -0.05) is 35.8 Å². The molecule has 24 heavy (non-hydrogen) atoms. The number of thiophene rings is 1. The molecule has 2 rings (SSSR count). The molecule has 5 nitrogen and oxygen atoms in total. The lowest BCUT2D eigenvalue weighted by molar-refractivity contribution is -0.123. The first-order valence-corrected chi connectivity index (χ1v) is 10.5. The van der Waals surface area contributed by atoms with Gasteiger partial charge in [-0.05, 0) is 41.6 Å². The Bertz CT molecular complexity index is 772. The van der Waals surface area contributed by atoms with E-state index in [4.69, 9.17) is 0 Å². The van der Waals surface area contributed by atoms with Crippen LogP contribution >= 0.6 is 27.3 Å². The molecule has 0 spiro atoms. The van der Waals surface area contributed by atoms with Gasteiger partial charge in [0.1, 0.15) is 6.04 Å². The highest BCUT2D eigenvalue weighted by atomic mass is 79.9. The van der Waals surface area contributed by atoms with Crippen molar-refractivity contribution in [1.29, 1.82) is 0 Å². The van der Waals surface area contributed by atoms with Crippen molar-refractivity contribution in [2.24, 2.45) is 5.92 Å². The Kier molecular flexibility index (Phi) is 6.56. The Morgan fingerprint density at radius 3 is 2.42 bits per heavy atom. The maximum absolute atomic E-state index is 12.5. The molecule has 130 valence electrons. The summed E-state index contributed by atoms with van der Waals surface area (Å²) < 4.78 is 28.3. The fourth-order valence-corrected chi connectivity index (χ4v) is 4.29. The fraction of sp³-hybridized carbons (Fsp3) is 0.312. The van der Waals surface area contributed by atoms with Crippen LogP contribution in [0.25, 0.3) is 0 Å². The Morgan fingerprint density at radius 2 is 1.88 bits per heavy atom. The minimum atomic E-state index is -3.77. The van der Waals surface area contributed by atoms with E-state index in [0.717, 1.165) is 9.35 Å². The summed E-state index contributed by atoms with van der Waals surface area (Å²) in [6, 6.07) is 9.27. The predicted octanol–water partition coefficient (Wildman–Crippen LogP) is 3.13. The second-order valence-corrected chi connectivity index (χ2v) is 9.26. The third-order valence-electron chi connectivity index (χ3n) is 3.37. The van der Waals surface area contributed by atoms with E-state index >= 15 is 0 Å². The summed E-state index contributed by atoms with van der Waals surface area (Å²) in [5.41, 5.74) is 0. The van der Waals surface area contributed by atoms with Gasteiger partial charge in [0, 0.05) is 9.35 Å². The molecule has 0 radical (unpaired) electrons. The summed E-state index contributed by atoms with van der Waals surface area (Å²) in [7, 11) is -3.77. The topological polar surface area (TPSA) is 75.3 Å². The molecule has 0 aliphatic rings. The lowest BCUT2D eigenvalue weighted by Crippen LogP contribution is -2.49. The molecular weight excluding hydrogens is 412 g/mol. The number of benzene rings is 1. The van der Waals surface area contributed by atoms with Crippen LogP contribution in [0, 0.1) is 5.92 Å². The van der Waals surface area contributed by atoms with Gasteiger partial charge in [0.15, 0.2) is 0 Å². The average Bonchev–Trinajstić information content (AvgIpc) is 3.04. The highest BCUT2D eigenvalue weighted by Gasteiger charge is 2.28. The first kappa shape index (κ1) is 19.1. The van der Waals surface area contributed by atoms with E-state index in [9.17, 15) is 13.2 Å². The Labute approximate surface area is 154 Å². The Morgan fingerprint density at radius 1 is 1.21 bits per heavy atom. The van der Waals surface area contributed by atoms with Crippen molar-refractivity contribution in [1.82, 2.24) is 10.0 Å². The first-order chi connectivity index (χ1) is 11.3. The van der Waals surface area contributed by atoms with Crippen LogP contribution in [0.4, 0.5) is 0 Å². The van der Waals surface area contributed by atoms with Gasteiger partial charge in [0.2, 0.25) is 15.9 Å². The molecule has 1 aromatic carbocycles. The van der Waals surface area contributed by atoms with Crippen LogP contribution in [0.5, 0.6) is 0 Å². The number of carbonyl (C=O) groups is 1. The minimum absolute atomic E-state index is 0.127. The third-order valence-corrected chi connectivity index (χ3v) is 6.23. The number of sulfonamides is 1. The quantitative estimate of drug-likeness (QED) is 0.708. The molecule has 0 aliphatic heterocycles. The summed E-state index contributed by atoms with van der Waals surface area (Å²) >= 11 is 4.81. The van der Waals surface area contributed by atoms with Gasteiger partial charge < -0.3 is 5.32 Å². The van der Waals surface area contributed by atoms with Crippen LogP contribution in [-0.4, -0.2) is 20.4 Å². The molecule has 1 aromatic heterocycles. The van der Waals surface area contributed by atoms with E-state index < -0.39 is 16.1 Å². The molecule has 8 heteroatoms. The van der Waals surface area contributed by atoms with Crippen molar-refractivity contribution in [3.05, 3.63) is 51.1 Å². The maximum atomic E-state index is 12.5. The smallest absolute Gasteiger partial charge is 0.241 e. The molecule has 0 fully saturated rings. The zero-order chi connectivity index (χ0) is 17.7. The second-order valence-electron chi connectivity index (χ2n) is 5.59. The molecule has 1 atom stereocenters. The average molecular weight is 431 g/mol. The molecule has 0 saturated carbocycles. The van der Waals surface area contributed by atoms with Gasteiger partial charge in [-0.2, -0.15) is 4.72 Å². The van der Waals surface area contributed by atoms with Crippen LogP contribution in [0.15, 0.2) is 51.1 Å². The monoisotopic (exact) mass is 430 g/mol. The first-order valence-electron chi connectivity index (χ1n) is 7.37. The van der Waals surface area contributed by atoms with Crippen molar-refractivity contribution in [3.8, 4) is 0 Å². The highest BCUT2D eigenvalue weighted by molar-refractivity contribution is 9.10. The normalized spacial score (nSPS) is 13.0. The third kappa shape index (κ3) is 5.14. The number of hydrogen-bond acceptors (Lipinski definition) is 4. The number of amides is 1. The van der Waals surface area contributed by atoms with Crippen molar-refractivity contribution in [3.63, 3.8) is 0 Å². The van der Waals surface area contributed by atoms with Gasteiger partial charge in [-0.3, -0.25) is 4.79 Å². The van der Waals surface area contributed by atoms with Crippen molar-refractivity contribution < 1.29 is 13.2 Å². The summed E-state index contributed by atoms with van der Waals surface area (Å²) in [4.78, 5) is 13.5. The second kappa shape index (κ2) is 8.24. The molecule has 0 unspecified atom stereocenters. The van der Waals surface area contributed by atoms with Crippen LogP contribution in [0.3, 0.4) is 0 Å². The number of carbonyl (C=O) groups excluding carboxylic acids is 1. The Balaban J connectivity index is 2.09. The minimum Gasteiger partial charge on any atom is -0.350 e. The van der Waals surface area contributed by atoms with Crippen molar-refractivity contribution in [2.75, 3.05) is 0 Å². The van der Waals surface area contributed by atoms with Crippen LogP contribution in [-0.2, 0) is 21.4 Å². The number of rotatable bonds is 7. The van der Waals surface area contributed by atoms with Crippen LogP contribution in [0.1, 0.15) is 18.7 Å². The van der Waals surface area contributed by atoms with E-state index in [1.54, 1.807) is 26.0 Å². The SMILES string of the molecule is CC(C)[C@H](NS(=O)(=O)c1ccc(Br)cc1)C(=O)NCc1cccs1. The van der Waals surface area contributed by atoms with Gasteiger partial charge in [0.05, 0.1) is 11.4 Å². The number of nitrogens with one attached hydrogen (secondary N) is 2. The zero-order valence-electron chi connectivity index (χ0n) is 13.3. The van der Waals surface area contributed by atoms with Crippen LogP contribution in [0.2, 0.25) is 0 Å². The van der Waals surface area contributed by atoms with Gasteiger partial charge in [0.25, 0.3) is 0 Å². The zero-order valence-corrected chi connectivity index (χ0v) is 16.5. The Hall–Kier alpha value is -1.22. The number of hydrogen-bond donors (Lipinski definition) is 2. The molecule has 1 heterocycles. The lowest BCUT2D eigenvalue weighted by Gasteiger charge is -2.21. The molecule has 0 bridgehead atoms. The molecule has 1 amide bonds. The standard InChI is InChI=1S/C16H19BrN2O3S2/c1-11(2)15(16(20)18-10-13-4-3-9-23-13)19-24(21,22)14-7-5-12(17)6-8-14/h3-9,11,15,19H,10H2,1-2H3,(H,18,20)/t15-/m0/s1. The summed E-state index contributed by atoms with van der Waals surface area (Å²) in [6.45, 7) is 4.00. The molecule has 2 aromatic rings. The van der Waals surface area contributed by atoms with E-state index in [-0.39, 0.29) is 16.7 Å². The highest BCUT2D eigenvalue weighted by Crippen LogP contribution is 2.16. The predicted molar refractivity (Wildman–Crippen MR) is 99.3 cm³/mol. The van der Waals surface area contributed by atoms with E-state index in [1.165, 1.54) is 23.5 Å². The maximum Gasteiger partial charge on any atom is 0.241 e. The summed E-state index contributed by atoms with van der Waals surface area (Å²) in [5.74, 6) is -0.516. The lowest BCUT2D eigenvalue weighted by atomic mass is 10.1. The van der Waals surface area contributed by atoms with Gasteiger partial charge in [-0.25, -0.2) is 8.42 Å². The molecule has 2 N–H and O–H groups in total.